The van der Waals surface area contributed by atoms with E-state index in [9.17, 15) is 19.5 Å². The zero-order valence-electron chi connectivity index (χ0n) is 31.1. The van der Waals surface area contributed by atoms with Gasteiger partial charge in [-0.25, -0.2) is 4.79 Å². The van der Waals surface area contributed by atoms with E-state index >= 15 is 0 Å². The number of nitrogens with one attached hydrogen (secondary N) is 1. The van der Waals surface area contributed by atoms with Crippen molar-refractivity contribution in [3.05, 3.63) is 120 Å². The van der Waals surface area contributed by atoms with Crippen molar-refractivity contribution < 1.29 is 62.1 Å². The van der Waals surface area contributed by atoms with Crippen molar-refractivity contribution in [1.82, 2.24) is 5.32 Å². The molecule has 2 saturated heterocycles. The molecule has 14 heteroatoms. The maximum atomic E-state index is 13.1. The van der Waals surface area contributed by atoms with E-state index < -0.39 is 79.2 Å². The Kier molecular flexibility index (Phi) is 15.9. The van der Waals surface area contributed by atoms with Gasteiger partial charge in [-0.15, -0.1) is 6.58 Å². The summed E-state index contributed by atoms with van der Waals surface area (Å²) in [5.41, 5.74) is 2.48. The molecule has 1 amide bonds. The number of esters is 2. The second-order valence-corrected chi connectivity index (χ2v) is 13.0. The van der Waals surface area contributed by atoms with Crippen molar-refractivity contribution in [2.24, 2.45) is 0 Å². The Bertz CT molecular complexity index is 1650. The van der Waals surface area contributed by atoms with Gasteiger partial charge >= 0.3 is 11.9 Å². The lowest BCUT2D eigenvalue weighted by Crippen LogP contribution is -2.68. The first-order chi connectivity index (χ1) is 26.7. The maximum absolute atomic E-state index is 13.1. The number of aliphatic hydroxyl groups excluding tert-OH is 1. The van der Waals surface area contributed by atoms with Gasteiger partial charge in [0.1, 0.15) is 36.6 Å². The molecule has 2 aliphatic heterocycles. The highest BCUT2D eigenvalue weighted by Crippen LogP contribution is 2.34. The molecule has 2 aliphatic rings. The largest absolute Gasteiger partial charge is 0.467 e. The molecular formula is C41H49NO13. The first-order valence-electron chi connectivity index (χ1n) is 18.0. The van der Waals surface area contributed by atoms with E-state index in [0.717, 1.165) is 23.8 Å². The zero-order chi connectivity index (χ0) is 39.2. The molecular weight excluding hydrogens is 714 g/mol. The summed E-state index contributed by atoms with van der Waals surface area (Å²) in [5.74, 6) is -2.04. The summed E-state index contributed by atoms with van der Waals surface area (Å²) in [7, 11) is 1.15. The predicted molar refractivity (Wildman–Crippen MR) is 196 cm³/mol. The number of benzene rings is 3. The summed E-state index contributed by atoms with van der Waals surface area (Å²) < 4.78 is 55.0. The lowest BCUT2D eigenvalue weighted by atomic mass is 9.94. The van der Waals surface area contributed by atoms with E-state index in [1.807, 2.05) is 91.0 Å². The molecule has 55 heavy (non-hydrogen) atoms. The monoisotopic (exact) mass is 763 g/mol. The molecule has 296 valence electrons. The third-order valence-corrected chi connectivity index (χ3v) is 8.91. The smallest absolute Gasteiger partial charge is 0.337 e. The molecule has 2 fully saturated rings. The molecule has 0 aliphatic carbocycles. The summed E-state index contributed by atoms with van der Waals surface area (Å²) >= 11 is 0. The molecule has 3 aromatic carbocycles. The van der Waals surface area contributed by atoms with Crippen LogP contribution < -0.4 is 5.32 Å². The second kappa shape index (κ2) is 21.0. The number of carbonyl (C=O) groups is 3. The molecule has 2 N–H and O–H groups in total. The van der Waals surface area contributed by atoms with Crippen LogP contribution in [-0.4, -0.2) is 105 Å². The van der Waals surface area contributed by atoms with Gasteiger partial charge in [-0.1, -0.05) is 97.1 Å². The molecule has 0 bridgehead atoms. The van der Waals surface area contributed by atoms with Gasteiger partial charge in [0.25, 0.3) is 0 Å². The Balaban J connectivity index is 1.54. The minimum atomic E-state index is -1.64. The lowest BCUT2D eigenvalue weighted by molar-refractivity contribution is -0.351. The van der Waals surface area contributed by atoms with Gasteiger partial charge in [-0.3, -0.25) is 9.59 Å². The summed E-state index contributed by atoms with van der Waals surface area (Å²) in [5, 5.41) is 14.4. The molecule has 10 atom stereocenters. The summed E-state index contributed by atoms with van der Waals surface area (Å²) in [6, 6.07) is 27.1. The molecule has 0 unspecified atom stereocenters. The Labute approximate surface area is 320 Å². The molecule has 2 heterocycles. The summed E-state index contributed by atoms with van der Waals surface area (Å²) in [6.07, 6.45) is -10.2. The van der Waals surface area contributed by atoms with E-state index in [1.165, 1.54) is 13.8 Å². The number of amides is 1. The SMILES string of the molecule is C=CCO[C@H]1O[C@H](COCc2ccccc2)[C@@H](O[C@@H]2O[C@@H](C(=O)OC)[C@@H](O)[C@H](OCc3ccccc3)[C@H]2OC(C)=O)[C@H](OCc2ccccc2)[C@H]1NC(C)=O. The van der Waals surface area contributed by atoms with Gasteiger partial charge in [0, 0.05) is 13.8 Å². The number of hydrogen-bond acceptors (Lipinski definition) is 13. The topological polar surface area (TPSA) is 167 Å². The van der Waals surface area contributed by atoms with E-state index in [0.29, 0.717) is 0 Å². The predicted octanol–water partition coefficient (Wildman–Crippen LogP) is 3.38. The van der Waals surface area contributed by atoms with Crippen LogP contribution in [0.4, 0.5) is 0 Å². The Morgan fingerprint density at radius 2 is 1.31 bits per heavy atom. The highest BCUT2D eigenvalue weighted by atomic mass is 16.8. The Hall–Kier alpha value is -4.51. The molecule has 0 aromatic heterocycles. The summed E-state index contributed by atoms with van der Waals surface area (Å²) in [4.78, 5) is 38.4. The highest BCUT2D eigenvalue weighted by Gasteiger charge is 2.56. The van der Waals surface area contributed by atoms with E-state index in [1.54, 1.807) is 6.08 Å². The van der Waals surface area contributed by atoms with Gasteiger partial charge in [-0.05, 0) is 16.7 Å². The van der Waals surface area contributed by atoms with Crippen LogP contribution >= 0.6 is 0 Å². The van der Waals surface area contributed by atoms with E-state index in [-0.39, 0.29) is 33.0 Å². The van der Waals surface area contributed by atoms with E-state index in [2.05, 4.69) is 11.9 Å². The first kappa shape index (κ1) is 41.6. The van der Waals surface area contributed by atoms with Crippen LogP contribution in [0.5, 0.6) is 0 Å². The van der Waals surface area contributed by atoms with Gasteiger partial charge in [0.05, 0.1) is 40.1 Å². The molecule has 0 spiro atoms. The minimum Gasteiger partial charge on any atom is -0.467 e. The van der Waals surface area contributed by atoms with Crippen LogP contribution in [0, 0.1) is 0 Å². The van der Waals surface area contributed by atoms with Crippen molar-refractivity contribution in [3.8, 4) is 0 Å². The Morgan fingerprint density at radius 3 is 1.84 bits per heavy atom. The van der Waals surface area contributed by atoms with Crippen molar-refractivity contribution >= 4 is 17.8 Å². The average molecular weight is 764 g/mol. The van der Waals surface area contributed by atoms with Crippen LogP contribution in [0.1, 0.15) is 30.5 Å². The fraction of sp³-hybridized carbons (Fsp3) is 0.439. The van der Waals surface area contributed by atoms with Crippen LogP contribution in [-0.2, 0) is 76.8 Å². The lowest BCUT2D eigenvalue weighted by Gasteiger charge is -2.49. The van der Waals surface area contributed by atoms with E-state index in [4.69, 9.17) is 42.6 Å². The standard InChI is InChI=1S/C41H49NO13/c1-5-21-49-40-32(42-26(2)43)35(50-23-29-17-11-7-12-18-29)34(31(53-40)25-48-22-28-15-9-6-10-16-28)54-41-38(52-27(3)44)36(33(45)37(55-41)39(46)47-4)51-24-30-19-13-8-14-20-30/h5-20,31-38,40-41,45H,1,21-25H2,2-4H3,(H,42,43)/t31-,32-,33+,34-,35-,36+,37-,38-,40+,41-/m1/s1. The normalized spacial score (nSPS) is 27.8. The maximum Gasteiger partial charge on any atom is 0.337 e. The van der Waals surface area contributed by atoms with Gasteiger partial charge < -0.3 is 53.1 Å². The summed E-state index contributed by atoms with van der Waals surface area (Å²) in [6.45, 7) is 6.59. The number of hydrogen-bond donors (Lipinski definition) is 2. The fourth-order valence-electron chi connectivity index (χ4n) is 6.40. The average Bonchev–Trinajstić information content (AvgIpc) is 3.19. The van der Waals surface area contributed by atoms with Crippen molar-refractivity contribution in [3.63, 3.8) is 0 Å². The number of ether oxygens (including phenoxy) is 9. The van der Waals surface area contributed by atoms with Gasteiger partial charge in [-0.2, -0.15) is 0 Å². The third-order valence-electron chi connectivity index (χ3n) is 8.91. The second-order valence-electron chi connectivity index (χ2n) is 13.0. The quantitative estimate of drug-likeness (QED) is 0.143. The van der Waals surface area contributed by atoms with Gasteiger partial charge in [0.15, 0.2) is 24.8 Å². The fourth-order valence-corrected chi connectivity index (χ4v) is 6.40. The zero-order valence-corrected chi connectivity index (χ0v) is 31.1. The molecule has 0 saturated carbocycles. The number of carbonyl (C=O) groups excluding carboxylic acids is 3. The minimum absolute atomic E-state index is 0.0147. The molecule has 0 radical (unpaired) electrons. The third kappa shape index (κ3) is 11.7. The van der Waals surface area contributed by atoms with Crippen LogP contribution in [0.3, 0.4) is 0 Å². The van der Waals surface area contributed by atoms with Gasteiger partial charge in [0.2, 0.25) is 5.91 Å². The van der Waals surface area contributed by atoms with Crippen LogP contribution in [0.25, 0.3) is 0 Å². The van der Waals surface area contributed by atoms with Crippen molar-refractivity contribution in [2.75, 3.05) is 20.3 Å². The van der Waals surface area contributed by atoms with Crippen molar-refractivity contribution in [2.45, 2.75) is 95.0 Å². The number of methoxy groups -OCH3 is 1. The Morgan fingerprint density at radius 1 is 0.745 bits per heavy atom. The molecule has 3 aromatic rings. The van der Waals surface area contributed by atoms with Crippen LogP contribution in [0.15, 0.2) is 104 Å². The first-order valence-corrected chi connectivity index (χ1v) is 18.0. The molecule has 5 rings (SSSR count). The molecule has 14 nitrogen and oxygen atoms in total. The number of rotatable bonds is 18. The van der Waals surface area contributed by atoms with Crippen molar-refractivity contribution in [1.29, 1.82) is 0 Å². The highest BCUT2D eigenvalue weighted by molar-refractivity contribution is 5.75. The number of aliphatic hydroxyl groups is 1. The van der Waals surface area contributed by atoms with Crippen LogP contribution in [0.2, 0.25) is 0 Å².